The van der Waals surface area contributed by atoms with Crippen molar-refractivity contribution in [2.24, 2.45) is 41.4 Å². The molecule has 5 fully saturated rings. The quantitative estimate of drug-likeness (QED) is 0.697. The lowest BCUT2D eigenvalue weighted by Gasteiger charge is -2.57. The zero-order valence-electron chi connectivity index (χ0n) is 12.2. The molecule has 0 aromatic rings. The van der Waals surface area contributed by atoms with Gasteiger partial charge in [0.2, 0.25) is 0 Å². The lowest BCUT2D eigenvalue weighted by atomic mass is 9.51. The van der Waals surface area contributed by atoms with Crippen LogP contribution < -0.4 is 5.32 Å². The maximum absolute atomic E-state index is 3.69. The molecule has 0 amide bonds. The Labute approximate surface area is 117 Å². The lowest BCUT2D eigenvalue weighted by Crippen LogP contribution is -2.59. The van der Waals surface area contributed by atoms with E-state index in [4.69, 9.17) is 0 Å². The minimum absolute atomic E-state index is 0.931. The lowest BCUT2D eigenvalue weighted by molar-refractivity contribution is -0.0531. The van der Waals surface area contributed by atoms with Gasteiger partial charge in [-0.05, 0) is 92.9 Å². The third kappa shape index (κ3) is 1.63. The fourth-order valence-corrected chi connectivity index (χ4v) is 7.17. The van der Waals surface area contributed by atoms with Gasteiger partial charge in [-0.25, -0.2) is 0 Å². The number of fused-ring (bicyclic) bond motifs is 6. The molecule has 0 aromatic carbocycles. The van der Waals surface area contributed by atoms with Crippen molar-refractivity contribution < 1.29 is 0 Å². The van der Waals surface area contributed by atoms with E-state index in [2.05, 4.69) is 5.32 Å². The van der Waals surface area contributed by atoms with Crippen LogP contribution in [0.2, 0.25) is 0 Å². The molecule has 1 heterocycles. The predicted molar refractivity (Wildman–Crippen MR) is 77.8 cm³/mol. The molecule has 4 saturated carbocycles. The van der Waals surface area contributed by atoms with E-state index in [0.717, 1.165) is 47.5 Å². The van der Waals surface area contributed by atoms with Crippen molar-refractivity contribution in [3.8, 4) is 0 Å². The average Bonchev–Trinajstić information content (AvgIpc) is 2.89. The van der Waals surface area contributed by atoms with E-state index >= 15 is 0 Å². The van der Waals surface area contributed by atoms with Crippen LogP contribution in [-0.2, 0) is 0 Å². The zero-order valence-corrected chi connectivity index (χ0v) is 12.2. The Bertz CT molecular complexity index is 365. The van der Waals surface area contributed by atoms with Crippen molar-refractivity contribution in [2.45, 2.75) is 63.8 Å². The van der Waals surface area contributed by atoms with Gasteiger partial charge in [0.15, 0.2) is 0 Å². The maximum Gasteiger partial charge on any atom is 0.0110 e. The van der Waals surface area contributed by atoms with Gasteiger partial charge in [-0.2, -0.15) is 0 Å². The van der Waals surface area contributed by atoms with Gasteiger partial charge in [0.05, 0.1) is 0 Å². The smallest absolute Gasteiger partial charge is 0.0110 e. The highest BCUT2D eigenvalue weighted by molar-refractivity contribution is 5.04. The first kappa shape index (κ1) is 11.6. The van der Waals surface area contributed by atoms with E-state index in [1.807, 2.05) is 0 Å². The monoisotopic (exact) mass is 259 g/mol. The van der Waals surface area contributed by atoms with Crippen LogP contribution in [0.5, 0.6) is 0 Å². The SMILES string of the molecule is C1CC2CCC3C4CC5CNC5CC4CCC3C2C1. The summed E-state index contributed by atoms with van der Waals surface area (Å²) >= 11 is 0. The molecule has 4 aliphatic carbocycles. The second-order valence-corrected chi connectivity index (χ2v) is 8.51. The van der Waals surface area contributed by atoms with Gasteiger partial charge in [-0.3, -0.25) is 0 Å². The number of hydrogen-bond acceptors (Lipinski definition) is 1. The molecule has 19 heavy (non-hydrogen) atoms. The van der Waals surface area contributed by atoms with Crippen molar-refractivity contribution >= 4 is 0 Å². The summed E-state index contributed by atoms with van der Waals surface area (Å²) in [5.74, 6) is 7.95. The first-order valence-electron chi connectivity index (χ1n) is 9.13. The van der Waals surface area contributed by atoms with Crippen molar-refractivity contribution in [3.05, 3.63) is 0 Å². The third-order valence-corrected chi connectivity index (χ3v) is 8.06. The molecular weight excluding hydrogens is 230 g/mol. The summed E-state index contributed by atoms with van der Waals surface area (Å²) < 4.78 is 0. The van der Waals surface area contributed by atoms with Crippen LogP contribution in [0.4, 0.5) is 0 Å². The van der Waals surface area contributed by atoms with E-state index < -0.39 is 0 Å². The van der Waals surface area contributed by atoms with Gasteiger partial charge in [-0.1, -0.05) is 12.8 Å². The molecule has 1 aliphatic heterocycles. The Morgan fingerprint density at radius 3 is 2.26 bits per heavy atom. The molecule has 1 N–H and O–H groups in total. The highest BCUT2D eigenvalue weighted by atomic mass is 15.0. The Balaban J connectivity index is 1.39. The van der Waals surface area contributed by atoms with Crippen LogP contribution in [-0.4, -0.2) is 12.6 Å². The Hall–Kier alpha value is -0.0400. The summed E-state index contributed by atoms with van der Waals surface area (Å²) in [5.41, 5.74) is 0. The molecule has 1 saturated heterocycles. The van der Waals surface area contributed by atoms with Crippen LogP contribution in [0.25, 0.3) is 0 Å². The molecule has 106 valence electrons. The van der Waals surface area contributed by atoms with E-state index in [9.17, 15) is 0 Å². The Kier molecular flexibility index (Phi) is 2.58. The standard InChI is InChI=1S/C18H29N/c1-2-11-4-6-16-15(14(11)3-1)7-5-12-9-18-13(10-19-18)8-17(12)16/h11-19H,1-10H2. The minimum atomic E-state index is 0.931. The first-order chi connectivity index (χ1) is 9.40. The minimum Gasteiger partial charge on any atom is -0.313 e. The number of nitrogens with one attached hydrogen (secondary N) is 1. The van der Waals surface area contributed by atoms with Crippen LogP contribution in [0, 0.1) is 41.4 Å². The highest BCUT2D eigenvalue weighted by Crippen LogP contribution is 2.58. The fourth-order valence-electron chi connectivity index (χ4n) is 7.17. The van der Waals surface area contributed by atoms with Crippen molar-refractivity contribution in [1.29, 1.82) is 0 Å². The van der Waals surface area contributed by atoms with Gasteiger partial charge in [0, 0.05) is 6.04 Å². The molecule has 1 nitrogen and oxygen atoms in total. The highest BCUT2D eigenvalue weighted by Gasteiger charge is 2.52. The zero-order chi connectivity index (χ0) is 12.4. The molecule has 5 rings (SSSR count). The van der Waals surface area contributed by atoms with Gasteiger partial charge in [0.1, 0.15) is 0 Å². The molecule has 0 aromatic heterocycles. The third-order valence-electron chi connectivity index (χ3n) is 8.06. The predicted octanol–water partition coefficient (Wildman–Crippen LogP) is 3.84. The Morgan fingerprint density at radius 2 is 1.42 bits per heavy atom. The summed E-state index contributed by atoms with van der Waals surface area (Å²) in [6.45, 7) is 1.34. The molecule has 5 aliphatic rings. The summed E-state index contributed by atoms with van der Waals surface area (Å²) in [6, 6.07) is 0.931. The normalized spacial score (nSPS) is 59.4. The largest absolute Gasteiger partial charge is 0.313 e. The Morgan fingerprint density at radius 1 is 0.579 bits per heavy atom. The van der Waals surface area contributed by atoms with Crippen LogP contribution >= 0.6 is 0 Å². The topological polar surface area (TPSA) is 12.0 Å². The fraction of sp³-hybridized carbons (Fsp3) is 1.00. The number of hydrogen-bond donors (Lipinski definition) is 1. The number of rotatable bonds is 0. The molecular formula is C18H29N. The van der Waals surface area contributed by atoms with E-state index in [0.29, 0.717) is 0 Å². The van der Waals surface area contributed by atoms with Gasteiger partial charge in [-0.15, -0.1) is 0 Å². The average molecular weight is 259 g/mol. The summed E-state index contributed by atoms with van der Waals surface area (Å²) in [6.07, 6.45) is 14.3. The second-order valence-electron chi connectivity index (χ2n) is 8.51. The van der Waals surface area contributed by atoms with E-state index in [1.54, 1.807) is 51.4 Å². The second kappa shape index (κ2) is 4.23. The van der Waals surface area contributed by atoms with Crippen LogP contribution in [0.3, 0.4) is 0 Å². The van der Waals surface area contributed by atoms with E-state index in [-0.39, 0.29) is 0 Å². The van der Waals surface area contributed by atoms with Crippen LogP contribution in [0.15, 0.2) is 0 Å². The maximum atomic E-state index is 3.69. The molecule has 0 bridgehead atoms. The van der Waals surface area contributed by atoms with Crippen LogP contribution in [0.1, 0.15) is 57.8 Å². The van der Waals surface area contributed by atoms with Gasteiger partial charge < -0.3 is 5.32 Å². The molecule has 0 spiro atoms. The van der Waals surface area contributed by atoms with Crippen molar-refractivity contribution in [2.75, 3.05) is 6.54 Å². The summed E-state index contributed by atoms with van der Waals surface area (Å²) in [4.78, 5) is 0. The summed E-state index contributed by atoms with van der Waals surface area (Å²) in [5, 5.41) is 3.69. The van der Waals surface area contributed by atoms with Crippen molar-refractivity contribution in [3.63, 3.8) is 0 Å². The summed E-state index contributed by atoms with van der Waals surface area (Å²) in [7, 11) is 0. The molecule has 0 radical (unpaired) electrons. The van der Waals surface area contributed by atoms with Gasteiger partial charge >= 0.3 is 0 Å². The van der Waals surface area contributed by atoms with Gasteiger partial charge in [0.25, 0.3) is 0 Å². The van der Waals surface area contributed by atoms with Crippen molar-refractivity contribution in [1.82, 2.24) is 5.32 Å². The molecule has 1 heteroatoms. The van der Waals surface area contributed by atoms with E-state index in [1.165, 1.54) is 13.0 Å². The first-order valence-corrected chi connectivity index (χ1v) is 9.13. The molecule has 8 unspecified atom stereocenters. The molecule has 8 atom stereocenters.